The number of hydrogen-bond donors (Lipinski definition) is 0. The van der Waals surface area contributed by atoms with Crippen molar-refractivity contribution in [3.05, 3.63) is 47.8 Å². The van der Waals surface area contributed by atoms with Crippen LogP contribution in [0.15, 0.2) is 36.4 Å². The summed E-state index contributed by atoms with van der Waals surface area (Å²) in [5, 5.41) is 2.19. The zero-order valence-corrected chi connectivity index (χ0v) is 9.82. The van der Waals surface area contributed by atoms with Crippen molar-refractivity contribution in [1.29, 1.82) is 0 Å². The molecule has 3 rings (SSSR count). The van der Waals surface area contributed by atoms with Gasteiger partial charge < -0.3 is 4.90 Å². The number of fused-ring (bicyclic) bond motifs is 1. The van der Waals surface area contributed by atoms with Gasteiger partial charge in [-0.15, -0.1) is 0 Å². The molecule has 1 saturated heterocycles. The molecule has 2 heteroatoms. The van der Waals surface area contributed by atoms with Crippen LogP contribution in [0.3, 0.4) is 0 Å². The van der Waals surface area contributed by atoms with Crippen molar-refractivity contribution in [3.8, 4) is 0 Å². The molecule has 0 amide bonds. The largest absolute Gasteiger partial charge is 0.303 e. The second-order valence-electron chi connectivity index (χ2n) is 4.73. The molecule has 2 aromatic rings. The number of rotatable bonds is 3. The van der Waals surface area contributed by atoms with Crippen LogP contribution in [0.25, 0.3) is 10.8 Å². The summed E-state index contributed by atoms with van der Waals surface area (Å²) in [5.74, 6) is -0.155. The third-order valence-electron chi connectivity index (χ3n) is 3.58. The van der Waals surface area contributed by atoms with Crippen molar-refractivity contribution in [2.75, 3.05) is 19.6 Å². The van der Waals surface area contributed by atoms with Crippen LogP contribution < -0.4 is 0 Å². The Morgan fingerprint density at radius 1 is 1.12 bits per heavy atom. The third-order valence-corrected chi connectivity index (χ3v) is 3.58. The average Bonchev–Trinajstić information content (AvgIpc) is 2.26. The maximum absolute atomic E-state index is 13.1. The lowest BCUT2D eigenvalue weighted by atomic mass is 10.0. The van der Waals surface area contributed by atoms with Crippen LogP contribution in [0.5, 0.6) is 0 Å². The summed E-state index contributed by atoms with van der Waals surface area (Å²) in [6.07, 6.45) is 2.39. The van der Waals surface area contributed by atoms with Gasteiger partial charge in [0.05, 0.1) is 0 Å². The third kappa shape index (κ3) is 2.18. The van der Waals surface area contributed by atoms with E-state index in [-0.39, 0.29) is 5.82 Å². The van der Waals surface area contributed by atoms with Crippen molar-refractivity contribution < 1.29 is 4.39 Å². The van der Waals surface area contributed by atoms with Gasteiger partial charge in [-0.2, -0.15) is 0 Å². The van der Waals surface area contributed by atoms with Gasteiger partial charge >= 0.3 is 0 Å². The summed E-state index contributed by atoms with van der Waals surface area (Å²) in [5.41, 5.74) is 1.33. The molecule has 0 unspecified atom stereocenters. The Balaban J connectivity index is 1.87. The molecule has 0 saturated carbocycles. The number of benzene rings is 2. The van der Waals surface area contributed by atoms with Crippen LogP contribution >= 0.6 is 0 Å². The minimum Gasteiger partial charge on any atom is -0.303 e. The molecule has 0 aromatic heterocycles. The Kier molecular flexibility index (Phi) is 2.81. The highest BCUT2D eigenvalue weighted by molar-refractivity contribution is 5.85. The first-order valence-corrected chi connectivity index (χ1v) is 6.22. The molecular formula is C15H16FN. The van der Waals surface area contributed by atoms with Crippen LogP contribution in [0.2, 0.25) is 0 Å². The maximum Gasteiger partial charge on any atom is 0.123 e. The minimum atomic E-state index is -0.155. The Hall–Kier alpha value is -1.41. The molecule has 0 bridgehead atoms. The predicted octanol–water partition coefficient (Wildman–Crippen LogP) is 3.23. The van der Waals surface area contributed by atoms with Gasteiger partial charge in [0.1, 0.15) is 5.82 Å². The van der Waals surface area contributed by atoms with Crippen molar-refractivity contribution in [3.63, 3.8) is 0 Å². The van der Waals surface area contributed by atoms with Crippen LogP contribution in [0, 0.1) is 5.82 Å². The minimum absolute atomic E-state index is 0.155. The molecule has 1 aliphatic rings. The SMILES string of the molecule is Fc1ccc2c(CCN3CCC3)cccc2c1. The molecule has 88 valence electrons. The van der Waals surface area contributed by atoms with Crippen molar-refractivity contribution in [1.82, 2.24) is 4.90 Å². The molecule has 1 nitrogen and oxygen atoms in total. The standard InChI is InChI=1S/C15H16FN/c16-14-5-6-15-12(3-1-4-13(15)11-14)7-10-17-8-2-9-17/h1,3-6,11H,2,7-10H2. The molecule has 2 aromatic carbocycles. The first kappa shape index (κ1) is 10.7. The van der Waals surface area contributed by atoms with E-state index in [2.05, 4.69) is 11.0 Å². The lowest BCUT2D eigenvalue weighted by molar-refractivity contribution is 0.184. The van der Waals surface area contributed by atoms with Gasteiger partial charge in [0, 0.05) is 6.54 Å². The Morgan fingerprint density at radius 3 is 2.76 bits per heavy atom. The first-order valence-electron chi connectivity index (χ1n) is 6.22. The smallest absolute Gasteiger partial charge is 0.123 e. The molecule has 0 spiro atoms. The summed E-state index contributed by atoms with van der Waals surface area (Å²) in [6.45, 7) is 3.59. The normalized spacial score (nSPS) is 16.1. The lowest BCUT2D eigenvalue weighted by Crippen LogP contribution is -2.38. The van der Waals surface area contributed by atoms with Crippen molar-refractivity contribution in [2.45, 2.75) is 12.8 Å². The average molecular weight is 229 g/mol. The van der Waals surface area contributed by atoms with Crippen LogP contribution in [-0.2, 0) is 6.42 Å². The zero-order chi connectivity index (χ0) is 11.7. The first-order chi connectivity index (χ1) is 8.33. The van der Waals surface area contributed by atoms with Gasteiger partial charge in [0.2, 0.25) is 0 Å². The molecule has 1 fully saturated rings. The Morgan fingerprint density at radius 2 is 2.00 bits per heavy atom. The number of halogens is 1. The van der Waals surface area contributed by atoms with Gasteiger partial charge in [-0.05, 0) is 54.4 Å². The van der Waals surface area contributed by atoms with Gasteiger partial charge in [-0.25, -0.2) is 4.39 Å². The maximum atomic E-state index is 13.1. The van der Waals surface area contributed by atoms with Crippen LogP contribution in [-0.4, -0.2) is 24.5 Å². The fourth-order valence-electron chi connectivity index (χ4n) is 2.42. The van der Waals surface area contributed by atoms with E-state index >= 15 is 0 Å². The monoisotopic (exact) mass is 229 g/mol. The van der Waals surface area contributed by atoms with E-state index in [1.54, 1.807) is 12.1 Å². The quantitative estimate of drug-likeness (QED) is 0.781. The number of likely N-dealkylation sites (tertiary alicyclic amines) is 1. The predicted molar refractivity (Wildman–Crippen MR) is 68.7 cm³/mol. The number of nitrogens with zero attached hydrogens (tertiary/aromatic N) is 1. The summed E-state index contributed by atoms with van der Waals surface area (Å²) in [7, 11) is 0. The summed E-state index contributed by atoms with van der Waals surface area (Å²) >= 11 is 0. The number of hydrogen-bond acceptors (Lipinski definition) is 1. The van der Waals surface area contributed by atoms with E-state index < -0.39 is 0 Å². The summed E-state index contributed by atoms with van der Waals surface area (Å²) in [6, 6.07) is 11.2. The van der Waals surface area contributed by atoms with Gasteiger partial charge in [0.15, 0.2) is 0 Å². The highest BCUT2D eigenvalue weighted by Gasteiger charge is 2.13. The van der Waals surface area contributed by atoms with E-state index in [0.29, 0.717) is 0 Å². The molecule has 0 aliphatic carbocycles. The molecule has 0 atom stereocenters. The fraction of sp³-hybridized carbons (Fsp3) is 0.333. The zero-order valence-electron chi connectivity index (χ0n) is 9.82. The van der Waals surface area contributed by atoms with E-state index in [4.69, 9.17) is 0 Å². The van der Waals surface area contributed by atoms with Crippen LogP contribution in [0.4, 0.5) is 4.39 Å². The molecule has 17 heavy (non-hydrogen) atoms. The Labute approximate surface area is 101 Å². The molecule has 1 heterocycles. The highest BCUT2D eigenvalue weighted by atomic mass is 19.1. The van der Waals surface area contributed by atoms with E-state index in [0.717, 1.165) is 18.4 Å². The highest BCUT2D eigenvalue weighted by Crippen LogP contribution is 2.21. The van der Waals surface area contributed by atoms with E-state index in [1.807, 2.05) is 18.2 Å². The van der Waals surface area contributed by atoms with Gasteiger partial charge in [-0.3, -0.25) is 0 Å². The molecular weight excluding hydrogens is 213 g/mol. The van der Waals surface area contributed by atoms with Gasteiger partial charge in [0.25, 0.3) is 0 Å². The lowest BCUT2D eigenvalue weighted by Gasteiger charge is -2.30. The van der Waals surface area contributed by atoms with Crippen molar-refractivity contribution >= 4 is 10.8 Å². The summed E-state index contributed by atoms with van der Waals surface area (Å²) in [4.78, 5) is 2.46. The summed E-state index contributed by atoms with van der Waals surface area (Å²) < 4.78 is 13.1. The van der Waals surface area contributed by atoms with Gasteiger partial charge in [-0.1, -0.05) is 24.3 Å². The fourth-order valence-corrected chi connectivity index (χ4v) is 2.42. The molecule has 1 aliphatic heterocycles. The molecule has 0 N–H and O–H groups in total. The second kappa shape index (κ2) is 4.46. The second-order valence-corrected chi connectivity index (χ2v) is 4.73. The topological polar surface area (TPSA) is 3.24 Å². The van der Waals surface area contributed by atoms with E-state index in [9.17, 15) is 4.39 Å². The Bertz CT molecular complexity index is 531. The molecule has 0 radical (unpaired) electrons. The van der Waals surface area contributed by atoms with Crippen LogP contribution in [0.1, 0.15) is 12.0 Å². The van der Waals surface area contributed by atoms with Crippen molar-refractivity contribution in [2.24, 2.45) is 0 Å². The van der Waals surface area contributed by atoms with E-state index in [1.165, 1.54) is 30.5 Å².